The van der Waals surface area contributed by atoms with Crippen LogP contribution < -0.4 is 10.1 Å². The predicted octanol–water partition coefficient (Wildman–Crippen LogP) is 5.21. The molecular weight excluding hydrogens is 383 g/mol. The second-order valence-electron chi connectivity index (χ2n) is 5.82. The third-order valence-corrected chi connectivity index (χ3v) is 5.11. The molecule has 0 aromatic heterocycles. The standard InChI is InChI=1S/C20H17FN2O4S/c1-27-15-6-8-16(9-7-15)28-19-5-3-2-4-13(19)12-22-14-10-17(21)20(24)18(11-14)23(25)26/h2-11,22,24H,12H2,1H3. The number of hydrogen-bond donors (Lipinski definition) is 2. The topological polar surface area (TPSA) is 84.6 Å². The molecule has 0 unspecified atom stereocenters. The lowest BCUT2D eigenvalue weighted by Crippen LogP contribution is -2.02. The quantitative estimate of drug-likeness (QED) is 0.322. The van der Waals surface area contributed by atoms with Crippen molar-refractivity contribution < 1.29 is 19.2 Å². The molecule has 0 amide bonds. The van der Waals surface area contributed by atoms with Crippen LogP contribution >= 0.6 is 11.8 Å². The Morgan fingerprint density at radius 3 is 2.57 bits per heavy atom. The van der Waals surface area contributed by atoms with Gasteiger partial charge in [-0.1, -0.05) is 30.0 Å². The molecule has 8 heteroatoms. The van der Waals surface area contributed by atoms with E-state index in [1.54, 1.807) is 18.9 Å². The minimum Gasteiger partial charge on any atom is -0.500 e. The van der Waals surface area contributed by atoms with Crippen LogP contribution in [0.5, 0.6) is 11.5 Å². The summed E-state index contributed by atoms with van der Waals surface area (Å²) in [7, 11) is 1.61. The summed E-state index contributed by atoms with van der Waals surface area (Å²) in [6, 6.07) is 17.5. The van der Waals surface area contributed by atoms with E-state index in [-0.39, 0.29) is 5.69 Å². The molecule has 28 heavy (non-hydrogen) atoms. The number of hydrogen-bond acceptors (Lipinski definition) is 6. The number of nitro benzene ring substituents is 1. The highest BCUT2D eigenvalue weighted by molar-refractivity contribution is 7.99. The van der Waals surface area contributed by atoms with Crippen molar-refractivity contribution in [2.75, 3.05) is 12.4 Å². The molecule has 3 rings (SSSR count). The van der Waals surface area contributed by atoms with Gasteiger partial charge in [-0.25, -0.2) is 4.39 Å². The van der Waals surface area contributed by atoms with Crippen molar-refractivity contribution in [3.63, 3.8) is 0 Å². The first-order chi connectivity index (χ1) is 13.5. The minimum absolute atomic E-state index is 0.214. The number of methoxy groups -OCH3 is 1. The van der Waals surface area contributed by atoms with Crippen LogP contribution in [0.15, 0.2) is 70.5 Å². The lowest BCUT2D eigenvalue weighted by atomic mass is 10.2. The van der Waals surface area contributed by atoms with Gasteiger partial charge in [0.25, 0.3) is 0 Å². The molecule has 0 bridgehead atoms. The lowest BCUT2D eigenvalue weighted by Gasteiger charge is -2.12. The number of phenolic OH excluding ortho intramolecular Hbond substituents is 1. The summed E-state index contributed by atoms with van der Waals surface area (Å²) in [6.45, 7) is 0.334. The molecular formula is C20H17FN2O4S. The van der Waals surface area contributed by atoms with Gasteiger partial charge in [0.1, 0.15) is 5.75 Å². The molecule has 0 radical (unpaired) electrons. The van der Waals surface area contributed by atoms with Gasteiger partial charge in [-0.05, 0) is 35.9 Å². The fourth-order valence-electron chi connectivity index (χ4n) is 2.54. The maximum atomic E-state index is 13.7. The Labute approximate surface area is 165 Å². The number of nitrogens with one attached hydrogen (secondary N) is 1. The maximum absolute atomic E-state index is 13.7. The van der Waals surface area contributed by atoms with Crippen LogP contribution in [0, 0.1) is 15.9 Å². The number of anilines is 1. The zero-order valence-electron chi connectivity index (χ0n) is 14.9. The van der Waals surface area contributed by atoms with E-state index in [4.69, 9.17) is 4.74 Å². The van der Waals surface area contributed by atoms with Crippen LogP contribution in [0.3, 0.4) is 0 Å². The molecule has 0 saturated carbocycles. The molecule has 0 saturated heterocycles. The number of phenols is 1. The number of benzene rings is 3. The number of rotatable bonds is 7. The third kappa shape index (κ3) is 4.52. The van der Waals surface area contributed by atoms with E-state index in [1.807, 2.05) is 48.5 Å². The number of halogens is 1. The summed E-state index contributed by atoms with van der Waals surface area (Å²) in [5.74, 6) is -1.24. The van der Waals surface area contributed by atoms with Crippen LogP contribution in [0.25, 0.3) is 0 Å². The molecule has 2 N–H and O–H groups in total. The molecule has 0 aliphatic heterocycles. The first-order valence-electron chi connectivity index (χ1n) is 8.28. The number of ether oxygens (including phenoxy) is 1. The summed E-state index contributed by atoms with van der Waals surface area (Å²) >= 11 is 1.56. The fraction of sp³-hybridized carbons (Fsp3) is 0.100. The van der Waals surface area contributed by atoms with Crippen LogP contribution in [-0.4, -0.2) is 17.1 Å². The first-order valence-corrected chi connectivity index (χ1v) is 9.10. The number of aromatic hydroxyl groups is 1. The molecule has 0 atom stereocenters. The van der Waals surface area contributed by atoms with Gasteiger partial charge in [0.2, 0.25) is 5.75 Å². The Balaban J connectivity index is 1.77. The van der Waals surface area contributed by atoms with Crippen LogP contribution in [-0.2, 0) is 6.54 Å². The summed E-state index contributed by atoms with van der Waals surface area (Å²) in [5, 5.41) is 23.4. The second-order valence-corrected chi connectivity index (χ2v) is 6.94. The molecule has 0 aliphatic rings. The molecule has 6 nitrogen and oxygen atoms in total. The van der Waals surface area contributed by atoms with E-state index in [9.17, 15) is 19.6 Å². The molecule has 0 aliphatic carbocycles. The zero-order chi connectivity index (χ0) is 20.1. The van der Waals surface area contributed by atoms with E-state index in [2.05, 4.69) is 5.32 Å². The Hall–Kier alpha value is -3.26. The average Bonchev–Trinajstić information content (AvgIpc) is 2.70. The van der Waals surface area contributed by atoms with Gasteiger partial charge in [0, 0.05) is 34.2 Å². The van der Waals surface area contributed by atoms with E-state index in [0.717, 1.165) is 33.2 Å². The summed E-state index contributed by atoms with van der Waals surface area (Å²) < 4.78 is 18.9. The molecule has 144 valence electrons. The second kappa shape index (κ2) is 8.62. The fourth-order valence-corrected chi connectivity index (χ4v) is 3.49. The van der Waals surface area contributed by atoms with Crippen LogP contribution in [0.4, 0.5) is 15.8 Å². The van der Waals surface area contributed by atoms with Gasteiger partial charge in [-0.15, -0.1) is 0 Å². The largest absolute Gasteiger partial charge is 0.500 e. The Kier molecular flexibility index (Phi) is 6.00. The van der Waals surface area contributed by atoms with Crippen LogP contribution in [0.1, 0.15) is 5.56 Å². The minimum atomic E-state index is -1.04. The summed E-state index contributed by atoms with van der Waals surface area (Å²) in [4.78, 5) is 12.1. The van der Waals surface area contributed by atoms with Crippen molar-refractivity contribution in [3.05, 3.63) is 82.2 Å². The average molecular weight is 400 g/mol. The number of nitro groups is 1. The van der Waals surface area contributed by atoms with Gasteiger partial charge in [0.05, 0.1) is 12.0 Å². The number of nitrogens with zero attached hydrogens (tertiary/aromatic N) is 1. The van der Waals surface area contributed by atoms with Gasteiger partial charge in [-0.3, -0.25) is 10.1 Å². The van der Waals surface area contributed by atoms with Gasteiger partial charge >= 0.3 is 5.69 Å². The monoisotopic (exact) mass is 400 g/mol. The molecule has 3 aromatic carbocycles. The van der Waals surface area contributed by atoms with Crippen LogP contribution in [0.2, 0.25) is 0 Å². The van der Waals surface area contributed by atoms with E-state index < -0.39 is 22.2 Å². The van der Waals surface area contributed by atoms with E-state index >= 15 is 0 Å². The van der Waals surface area contributed by atoms with Crippen molar-refractivity contribution in [1.29, 1.82) is 0 Å². The Bertz CT molecular complexity index is 996. The summed E-state index contributed by atoms with van der Waals surface area (Å²) in [5.41, 5.74) is 0.481. The van der Waals surface area contributed by atoms with Crippen molar-refractivity contribution in [2.45, 2.75) is 16.3 Å². The molecule has 0 heterocycles. The maximum Gasteiger partial charge on any atom is 0.315 e. The van der Waals surface area contributed by atoms with Crippen molar-refractivity contribution in [1.82, 2.24) is 0 Å². The first kappa shape index (κ1) is 19.5. The van der Waals surface area contributed by atoms with Gasteiger partial charge in [0.15, 0.2) is 5.82 Å². The van der Waals surface area contributed by atoms with E-state index in [0.29, 0.717) is 6.54 Å². The van der Waals surface area contributed by atoms with E-state index in [1.165, 1.54) is 0 Å². The lowest BCUT2D eigenvalue weighted by molar-refractivity contribution is -0.386. The Morgan fingerprint density at radius 1 is 1.18 bits per heavy atom. The van der Waals surface area contributed by atoms with Crippen molar-refractivity contribution in [2.24, 2.45) is 0 Å². The molecule has 3 aromatic rings. The highest BCUT2D eigenvalue weighted by atomic mass is 32.2. The highest BCUT2D eigenvalue weighted by Gasteiger charge is 2.19. The smallest absolute Gasteiger partial charge is 0.315 e. The summed E-state index contributed by atoms with van der Waals surface area (Å²) in [6.07, 6.45) is 0. The zero-order valence-corrected chi connectivity index (χ0v) is 15.7. The molecule has 0 fully saturated rings. The van der Waals surface area contributed by atoms with Gasteiger partial charge in [-0.2, -0.15) is 0 Å². The normalized spacial score (nSPS) is 10.5. The third-order valence-electron chi connectivity index (χ3n) is 3.98. The van der Waals surface area contributed by atoms with Crippen molar-refractivity contribution >= 4 is 23.1 Å². The Morgan fingerprint density at radius 2 is 1.89 bits per heavy atom. The van der Waals surface area contributed by atoms with Gasteiger partial charge < -0.3 is 15.2 Å². The SMILES string of the molecule is COc1ccc(Sc2ccccc2CNc2cc(F)c(O)c([N+](=O)[O-])c2)cc1. The van der Waals surface area contributed by atoms with Crippen molar-refractivity contribution in [3.8, 4) is 11.5 Å². The molecule has 0 spiro atoms. The highest BCUT2D eigenvalue weighted by Crippen LogP contribution is 2.34. The predicted molar refractivity (Wildman–Crippen MR) is 106 cm³/mol.